The van der Waals surface area contributed by atoms with Gasteiger partial charge in [0.25, 0.3) is 0 Å². The molecule has 1 rings (SSSR count). The van der Waals surface area contributed by atoms with Crippen molar-refractivity contribution in [3.05, 3.63) is 0 Å². The molecule has 12 heavy (non-hydrogen) atoms. The third kappa shape index (κ3) is 2.99. The number of carbonyl (C=O) groups excluding carboxylic acids is 1. The van der Waals surface area contributed by atoms with Crippen molar-refractivity contribution < 1.29 is 9.53 Å². The summed E-state index contributed by atoms with van der Waals surface area (Å²) in [5.74, 6) is 0.584. The lowest BCUT2D eigenvalue weighted by Crippen LogP contribution is -2.39. The lowest BCUT2D eigenvalue weighted by molar-refractivity contribution is -0.146. The first-order valence-corrected chi connectivity index (χ1v) is 4.02. The highest BCUT2D eigenvalue weighted by molar-refractivity contribution is 5.85. The van der Waals surface area contributed by atoms with Gasteiger partial charge in [0.15, 0.2) is 0 Å². The van der Waals surface area contributed by atoms with Crippen LogP contribution in [0.4, 0.5) is 0 Å². The summed E-state index contributed by atoms with van der Waals surface area (Å²) in [5.41, 5.74) is 0. The van der Waals surface area contributed by atoms with Gasteiger partial charge in [-0.25, -0.2) is 0 Å². The van der Waals surface area contributed by atoms with Crippen LogP contribution >= 0.6 is 12.4 Å². The largest absolute Gasteiger partial charge is 0.469 e. The molecular weight excluding hydrogens is 178 g/mol. The van der Waals surface area contributed by atoms with Crippen LogP contribution in [0.2, 0.25) is 0 Å². The molecule has 2 atom stereocenters. The van der Waals surface area contributed by atoms with Gasteiger partial charge in [0, 0.05) is 6.54 Å². The number of esters is 1. The molecule has 0 aliphatic carbocycles. The molecule has 1 fully saturated rings. The van der Waals surface area contributed by atoms with Crippen molar-refractivity contribution >= 4 is 18.4 Å². The molecule has 0 aromatic heterocycles. The molecule has 0 aromatic carbocycles. The average Bonchev–Trinajstić information content (AvgIpc) is 2.03. The maximum absolute atomic E-state index is 11.1. The first-order chi connectivity index (χ1) is 5.24. The van der Waals surface area contributed by atoms with Gasteiger partial charge < -0.3 is 10.1 Å². The SMILES string of the molecule is COC(=O)C1CNCC(C)C1.Cl. The van der Waals surface area contributed by atoms with Gasteiger partial charge in [0.2, 0.25) is 0 Å². The lowest BCUT2D eigenvalue weighted by atomic mass is 9.92. The van der Waals surface area contributed by atoms with E-state index < -0.39 is 0 Å². The van der Waals surface area contributed by atoms with E-state index in [1.807, 2.05) is 0 Å². The van der Waals surface area contributed by atoms with Crippen molar-refractivity contribution in [2.75, 3.05) is 20.2 Å². The minimum atomic E-state index is -0.0796. The zero-order valence-corrected chi connectivity index (χ0v) is 8.32. The van der Waals surface area contributed by atoms with Gasteiger partial charge in [0.05, 0.1) is 13.0 Å². The predicted octanol–water partition coefficient (Wildman–Crippen LogP) is 0.827. The molecule has 0 saturated carbocycles. The van der Waals surface area contributed by atoms with Crippen molar-refractivity contribution in [3.8, 4) is 0 Å². The Morgan fingerprint density at radius 2 is 2.17 bits per heavy atom. The highest BCUT2D eigenvalue weighted by atomic mass is 35.5. The summed E-state index contributed by atoms with van der Waals surface area (Å²) in [4.78, 5) is 11.1. The number of rotatable bonds is 1. The molecule has 3 nitrogen and oxygen atoms in total. The van der Waals surface area contributed by atoms with E-state index in [4.69, 9.17) is 0 Å². The Balaban J connectivity index is 0.00000121. The van der Waals surface area contributed by atoms with Gasteiger partial charge in [0.1, 0.15) is 0 Å². The highest BCUT2D eigenvalue weighted by Gasteiger charge is 2.24. The molecule has 0 aromatic rings. The molecule has 1 aliphatic heterocycles. The number of halogens is 1. The molecule has 1 saturated heterocycles. The molecule has 1 N–H and O–H groups in total. The molecule has 2 unspecified atom stereocenters. The number of ether oxygens (including phenoxy) is 1. The van der Waals surface area contributed by atoms with E-state index in [9.17, 15) is 4.79 Å². The van der Waals surface area contributed by atoms with Crippen LogP contribution < -0.4 is 5.32 Å². The van der Waals surface area contributed by atoms with E-state index in [0.717, 1.165) is 19.5 Å². The van der Waals surface area contributed by atoms with E-state index in [2.05, 4.69) is 17.0 Å². The quantitative estimate of drug-likeness (QED) is 0.627. The Bertz CT molecular complexity index is 152. The Morgan fingerprint density at radius 1 is 1.50 bits per heavy atom. The summed E-state index contributed by atoms with van der Waals surface area (Å²) in [6.07, 6.45) is 0.958. The molecule has 0 radical (unpaired) electrons. The minimum Gasteiger partial charge on any atom is -0.469 e. The highest BCUT2D eigenvalue weighted by Crippen LogP contribution is 2.16. The van der Waals surface area contributed by atoms with Crippen LogP contribution in [0.1, 0.15) is 13.3 Å². The summed E-state index contributed by atoms with van der Waals surface area (Å²) < 4.78 is 4.66. The molecular formula is C8H16ClNO2. The average molecular weight is 194 g/mol. The number of piperidine rings is 1. The van der Waals surface area contributed by atoms with Crippen LogP contribution in [-0.2, 0) is 9.53 Å². The normalized spacial score (nSPS) is 28.8. The van der Waals surface area contributed by atoms with Crippen LogP contribution in [0.25, 0.3) is 0 Å². The zero-order valence-electron chi connectivity index (χ0n) is 7.50. The molecule has 4 heteroatoms. The van der Waals surface area contributed by atoms with Crippen molar-refractivity contribution in [1.29, 1.82) is 0 Å². The van der Waals surface area contributed by atoms with E-state index in [0.29, 0.717) is 5.92 Å². The number of nitrogens with one attached hydrogen (secondary N) is 1. The fourth-order valence-corrected chi connectivity index (χ4v) is 1.50. The number of hydrogen-bond donors (Lipinski definition) is 1. The van der Waals surface area contributed by atoms with Crippen LogP contribution in [0.3, 0.4) is 0 Å². The lowest BCUT2D eigenvalue weighted by Gasteiger charge is -2.25. The Labute approximate surface area is 79.3 Å². The van der Waals surface area contributed by atoms with Gasteiger partial charge in [-0.1, -0.05) is 6.92 Å². The summed E-state index contributed by atoms with van der Waals surface area (Å²) >= 11 is 0. The summed E-state index contributed by atoms with van der Waals surface area (Å²) in [6, 6.07) is 0. The van der Waals surface area contributed by atoms with E-state index in [-0.39, 0.29) is 24.3 Å². The van der Waals surface area contributed by atoms with Crippen molar-refractivity contribution in [1.82, 2.24) is 5.32 Å². The third-order valence-electron chi connectivity index (χ3n) is 2.10. The fourth-order valence-electron chi connectivity index (χ4n) is 1.50. The monoisotopic (exact) mass is 193 g/mol. The number of carbonyl (C=O) groups is 1. The maximum atomic E-state index is 11.1. The second kappa shape index (κ2) is 5.38. The summed E-state index contributed by atoms with van der Waals surface area (Å²) in [6.45, 7) is 3.94. The Kier molecular flexibility index (Phi) is 5.25. The fraction of sp³-hybridized carbons (Fsp3) is 0.875. The van der Waals surface area contributed by atoms with E-state index in [1.54, 1.807) is 0 Å². The van der Waals surface area contributed by atoms with Gasteiger partial charge in [-0.15, -0.1) is 12.4 Å². The molecule has 0 spiro atoms. The number of methoxy groups -OCH3 is 1. The summed E-state index contributed by atoms with van der Waals surface area (Å²) in [7, 11) is 1.45. The second-order valence-electron chi connectivity index (χ2n) is 3.22. The predicted molar refractivity (Wildman–Crippen MR) is 49.4 cm³/mol. The van der Waals surface area contributed by atoms with E-state index in [1.165, 1.54) is 7.11 Å². The van der Waals surface area contributed by atoms with Crippen LogP contribution in [0.5, 0.6) is 0 Å². The van der Waals surface area contributed by atoms with Gasteiger partial charge in [-0.3, -0.25) is 4.79 Å². The van der Waals surface area contributed by atoms with Gasteiger partial charge in [-0.05, 0) is 18.9 Å². The van der Waals surface area contributed by atoms with E-state index >= 15 is 0 Å². The second-order valence-corrected chi connectivity index (χ2v) is 3.22. The Morgan fingerprint density at radius 3 is 2.67 bits per heavy atom. The molecule has 0 bridgehead atoms. The van der Waals surface area contributed by atoms with Gasteiger partial charge in [-0.2, -0.15) is 0 Å². The third-order valence-corrected chi connectivity index (χ3v) is 2.10. The van der Waals surface area contributed by atoms with Crippen LogP contribution in [0, 0.1) is 11.8 Å². The van der Waals surface area contributed by atoms with Crippen molar-refractivity contribution in [3.63, 3.8) is 0 Å². The molecule has 72 valence electrons. The first kappa shape index (κ1) is 11.7. The molecule has 1 aliphatic rings. The maximum Gasteiger partial charge on any atom is 0.309 e. The molecule has 0 amide bonds. The number of hydrogen-bond acceptors (Lipinski definition) is 3. The van der Waals surface area contributed by atoms with Crippen LogP contribution in [0.15, 0.2) is 0 Å². The summed E-state index contributed by atoms with van der Waals surface area (Å²) in [5, 5.41) is 3.20. The van der Waals surface area contributed by atoms with Crippen molar-refractivity contribution in [2.24, 2.45) is 11.8 Å². The topological polar surface area (TPSA) is 38.3 Å². The first-order valence-electron chi connectivity index (χ1n) is 4.02. The molecule has 1 heterocycles. The Hall–Kier alpha value is -0.280. The van der Waals surface area contributed by atoms with Crippen LogP contribution in [-0.4, -0.2) is 26.2 Å². The standard InChI is InChI=1S/C8H15NO2.ClH/c1-6-3-7(5-9-4-6)8(10)11-2;/h6-7,9H,3-5H2,1-2H3;1H. The zero-order chi connectivity index (χ0) is 8.27. The minimum absolute atomic E-state index is 0. The smallest absolute Gasteiger partial charge is 0.309 e. The van der Waals surface area contributed by atoms with Crippen molar-refractivity contribution in [2.45, 2.75) is 13.3 Å². The van der Waals surface area contributed by atoms with Gasteiger partial charge >= 0.3 is 5.97 Å².